The fraction of sp³-hybridized carbons (Fsp3) is 0.308. The highest BCUT2D eigenvalue weighted by atomic mass is 19.1. The number of aromatic nitrogens is 1. The number of carbonyl (C=O) groups is 1. The molecule has 0 saturated heterocycles. The molecule has 4 nitrogen and oxygen atoms in total. The summed E-state index contributed by atoms with van der Waals surface area (Å²) in [6.07, 6.45) is 6.68. The summed E-state index contributed by atoms with van der Waals surface area (Å²) in [5, 5.41) is 11.0. The molecule has 3 aromatic rings. The van der Waals surface area contributed by atoms with E-state index in [0.717, 1.165) is 46.1 Å². The van der Waals surface area contributed by atoms with Crippen LogP contribution >= 0.6 is 0 Å². The summed E-state index contributed by atoms with van der Waals surface area (Å²) >= 11 is 0. The number of benzene rings is 2. The summed E-state index contributed by atoms with van der Waals surface area (Å²) in [7, 11) is 1.32. The van der Waals surface area contributed by atoms with Crippen molar-refractivity contribution in [1.82, 2.24) is 4.98 Å². The first kappa shape index (κ1) is 21.2. The lowest BCUT2D eigenvalue weighted by molar-refractivity contribution is -0.142. The molecule has 2 aromatic carbocycles. The van der Waals surface area contributed by atoms with E-state index in [-0.39, 0.29) is 12.2 Å². The van der Waals surface area contributed by atoms with E-state index in [1.54, 1.807) is 0 Å². The third kappa shape index (κ3) is 5.00. The fourth-order valence-corrected chi connectivity index (χ4v) is 3.88. The zero-order chi connectivity index (χ0) is 21.8. The van der Waals surface area contributed by atoms with Gasteiger partial charge in [-0.1, -0.05) is 42.5 Å². The van der Waals surface area contributed by atoms with Gasteiger partial charge in [0, 0.05) is 22.4 Å². The number of hydrogen-bond acceptors (Lipinski definition) is 4. The van der Waals surface area contributed by atoms with E-state index in [4.69, 9.17) is 4.98 Å². The van der Waals surface area contributed by atoms with Crippen molar-refractivity contribution < 1.29 is 19.0 Å². The number of allylic oxidation sites excluding steroid dienone is 1. The molecule has 1 aliphatic rings. The number of carbonyl (C=O) groups excluding carboxylic acids is 1. The number of aliphatic hydroxyl groups excluding tert-OH is 1. The molecule has 0 spiro atoms. The van der Waals surface area contributed by atoms with Crippen LogP contribution in [0.25, 0.3) is 28.1 Å². The van der Waals surface area contributed by atoms with Crippen molar-refractivity contribution in [2.75, 3.05) is 7.11 Å². The van der Waals surface area contributed by atoms with Crippen molar-refractivity contribution in [1.29, 1.82) is 0 Å². The lowest BCUT2D eigenvalue weighted by atomic mass is 9.92. The predicted molar refractivity (Wildman–Crippen MR) is 120 cm³/mol. The summed E-state index contributed by atoms with van der Waals surface area (Å²) < 4.78 is 18.2. The minimum absolute atomic E-state index is 0.00394. The van der Waals surface area contributed by atoms with E-state index in [1.807, 2.05) is 36.4 Å². The Kier molecular flexibility index (Phi) is 6.42. The number of hydrogen-bond donors (Lipinski definition) is 1. The standard InChI is InChI=1S/C26H26FNO3/c1-31-24(30)16-20(29)6-2-3-8-22-25(17-12-14-19(27)15-13-17)21-7-4-5-9-23(21)28-26(22)18-10-11-18/h3-5,7-9,12-15,18,20,29H,2,6,10-11,16H2,1H3/b8-3+/t20-/m1/s1. The molecule has 160 valence electrons. The highest BCUT2D eigenvalue weighted by Gasteiger charge is 2.29. The smallest absolute Gasteiger partial charge is 0.308 e. The van der Waals surface area contributed by atoms with Gasteiger partial charge in [-0.15, -0.1) is 0 Å². The Morgan fingerprint density at radius 3 is 2.68 bits per heavy atom. The molecule has 0 unspecified atom stereocenters. The number of halogens is 1. The zero-order valence-corrected chi connectivity index (χ0v) is 17.6. The van der Waals surface area contributed by atoms with Gasteiger partial charge in [0.2, 0.25) is 0 Å². The molecule has 1 saturated carbocycles. The summed E-state index contributed by atoms with van der Waals surface area (Å²) in [5.74, 6) is -0.237. The number of pyridine rings is 1. The minimum atomic E-state index is -0.730. The number of esters is 1. The maximum Gasteiger partial charge on any atom is 0.308 e. The number of aliphatic hydroxyl groups is 1. The summed E-state index contributed by atoms with van der Waals surface area (Å²) in [5.41, 5.74) is 5.07. The van der Waals surface area contributed by atoms with Gasteiger partial charge < -0.3 is 9.84 Å². The average Bonchev–Trinajstić information content (AvgIpc) is 3.62. The fourth-order valence-electron chi connectivity index (χ4n) is 3.88. The highest BCUT2D eigenvalue weighted by molar-refractivity contribution is 5.99. The van der Waals surface area contributed by atoms with Crippen LogP contribution < -0.4 is 0 Å². The molecule has 0 radical (unpaired) electrons. The Morgan fingerprint density at radius 1 is 1.23 bits per heavy atom. The summed E-state index contributed by atoms with van der Waals surface area (Å²) in [6.45, 7) is 0. The van der Waals surface area contributed by atoms with Crippen LogP contribution in [0.3, 0.4) is 0 Å². The van der Waals surface area contributed by atoms with Crippen LogP contribution in [0.1, 0.15) is 49.3 Å². The molecule has 1 atom stereocenters. The molecule has 1 aromatic heterocycles. The van der Waals surface area contributed by atoms with Crippen LogP contribution in [0.15, 0.2) is 54.6 Å². The molecule has 0 bridgehead atoms. The van der Waals surface area contributed by atoms with Gasteiger partial charge in [0.05, 0.1) is 30.8 Å². The topological polar surface area (TPSA) is 59.4 Å². The first-order valence-electron chi connectivity index (χ1n) is 10.7. The molecule has 1 heterocycles. The Labute approximate surface area is 181 Å². The molecule has 4 rings (SSSR count). The van der Waals surface area contributed by atoms with Gasteiger partial charge in [-0.3, -0.25) is 9.78 Å². The third-order valence-electron chi connectivity index (χ3n) is 5.64. The number of rotatable bonds is 8. The second-order valence-electron chi connectivity index (χ2n) is 8.00. The van der Waals surface area contributed by atoms with Gasteiger partial charge in [-0.05, 0) is 49.4 Å². The SMILES string of the molecule is COC(=O)C[C@H](O)CC/C=C/c1c(C2CC2)nc2ccccc2c1-c1ccc(F)cc1. The Hall–Kier alpha value is -3.05. The predicted octanol–water partition coefficient (Wildman–Crippen LogP) is 5.64. The van der Waals surface area contributed by atoms with Crippen molar-refractivity contribution >= 4 is 22.9 Å². The zero-order valence-electron chi connectivity index (χ0n) is 17.6. The largest absolute Gasteiger partial charge is 0.469 e. The van der Waals surface area contributed by atoms with Gasteiger partial charge in [-0.25, -0.2) is 4.39 Å². The normalized spacial score (nSPS) is 14.8. The number of fused-ring (bicyclic) bond motifs is 1. The maximum absolute atomic E-state index is 13.6. The van der Waals surface area contributed by atoms with Crippen LogP contribution in [0.2, 0.25) is 0 Å². The third-order valence-corrected chi connectivity index (χ3v) is 5.64. The van der Waals surface area contributed by atoms with Crippen molar-refractivity contribution in [3.63, 3.8) is 0 Å². The average molecular weight is 419 g/mol. The van der Waals surface area contributed by atoms with E-state index < -0.39 is 12.1 Å². The van der Waals surface area contributed by atoms with Gasteiger partial charge in [0.25, 0.3) is 0 Å². The lowest BCUT2D eigenvalue weighted by Gasteiger charge is -2.15. The monoisotopic (exact) mass is 419 g/mol. The second kappa shape index (κ2) is 9.40. The van der Waals surface area contributed by atoms with E-state index in [1.165, 1.54) is 19.2 Å². The second-order valence-corrected chi connectivity index (χ2v) is 8.00. The first-order valence-corrected chi connectivity index (χ1v) is 10.7. The van der Waals surface area contributed by atoms with Crippen LogP contribution in [0.5, 0.6) is 0 Å². The Bertz CT molecular complexity index is 1100. The number of methoxy groups -OCH3 is 1. The number of nitrogens with zero attached hydrogens (tertiary/aromatic N) is 1. The van der Waals surface area contributed by atoms with E-state index in [2.05, 4.69) is 16.9 Å². The number of para-hydroxylation sites is 1. The molecule has 0 aliphatic heterocycles. The van der Waals surface area contributed by atoms with Crippen molar-refractivity contribution in [2.24, 2.45) is 0 Å². The minimum Gasteiger partial charge on any atom is -0.469 e. The molecular formula is C26H26FNO3. The Morgan fingerprint density at radius 2 is 1.97 bits per heavy atom. The van der Waals surface area contributed by atoms with Crippen LogP contribution in [-0.2, 0) is 9.53 Å². The van der Waals surface area contributed by atoms with Gasteiger partial charge in [0.1, 0.15) is 5.82 Å². The number of ether oxygens (including phenoxy) is 1. The van der Waals surface area contributed by atoms with E-state index in [9.17, 15) is 14.3 Å². The van der Waals surface area contributed by atoms with Gasteiger partial charge >= 0.3 is 5.97 Å². The van der Waals surface area contributed by atoms with Crippen molar-refractivity contribution in [2.45, 2.75) is 44.1 Å². The van der Waals surface area contributed by atoms with Crippen LogP contribution in [0.4, 0.5) is 4.39 Å². The van der Waals surface area contributed by atoms with Gasteiger partial charge in [0.15, 0.2) is 0 Å². The lowest BCUT2D eigenvalue weighted by Crippen LogP contribution is -2.14. The Balaban J connectivity index is 1.71. The molecule has 1 fully saturated rings. The molecular weight excluding hydrogens is 393 g/mol. The molecule has 1 aliphatic carbocycles. The summed E-state index contributed by atoms with van der Waals surface area (Å²) in [4.78, 5) is 16.3. The maximum atomic E-state index is 13.6. The summed E-state index contributed by atoms with van der Waals surface area (Å²) in [6, 6.07) is 14.6. The van der Waals surface area contributed by atoms with Crippen LogP contribution in [-0.4, -0.2) is 29.3 Å². The van der Waals surface area contributed by atoms with Crippen molar-refractivity contribution in [3.8, 4) is 11.1 Å². The van der Waals surface area contributed by atoms with Crippen LogP contribution in [0, 0.1) is 5.82 Å². The van der Waals surface area contributed by atoms with Gasteiger partial charge in [-0.2, -0.15) is 0 Å². The van der Waals surface area contributed by atoms with E-state index in [0.29, 0.717) is 18.8 Å². The first-order chi connectivity index (χ1) is 15.1. The molecule has 1 N–H and O–H groups in total. The molecule has 5 heteroatoms. The quantitative estimate of drug-likeness (QED) is 0.480. The highest BCUT2D eigenvalue weighted by Crippen LogP contribution is 2.45. The molecule has 31 heavy (non-hydrogen) atoms. The van der Waals surface area contributed by atoms with Crippen molar-refractivity contribution in [3.05, 3.63) is 71.7 Å². The molecule has 0 amide bonds. The van der Waals surface area contributed by atoms with E-state index >= 15 is 0 Å².